The molecule has 0 aromatic heterocycles. The van der Waals surface area contributed by atoms with Crippen molar-refractivity contribution in [2.75, 3.05) is 13.2 Å². The Hall–Kier alpha value is -4.45. The van der Waals surface area contributed by atoms with Gasteiger partial charge in [0, 0.05) is 19.3 Å². The highest BCUT2D eigenvalue weighted by atomic mass is 16.6. The third kappa shape index (κ3) is 50.4. The molecule has 0 radical (unpaired) electrons. The summed E-state index contributed by atoms with van der Waals surface area (Å²) < 4.78 is 16.7. The number of rotatable bonds is 44. The molecule has 6 nitrogen and oxygen atoms in total. The van der Waals surface area contributed by atoms with Gasteiger partial charge in [-0.05, 0) is 128 Å². The van der Waals surface area contributed by atoms with Crippen molar-refractivity contribution in [3.05, 3.63) is 134 Å². The van der Waals surface area contributed by atoms with E-state index in [0.29, 0.717) is 12.8 Å². The molecular weight excluding hydrogens is 805 g/mol. The van der Waals surface area contributed by atoms with Gasteiger partial charge in [-0.2, -0.15) is 0 Å². The van der Waals surface area contributed by atoms with Gasteiger partial charge < -0.3 is 14.2 Å². The first kappa shape index (κ1) is 60.5. The molecule has 0 aliphatic heterocycles. The molecule has 364 valence electrons. The van der Waals surface area contributed by atoms with Gasteiger partial charge in [-0.3, -0.25) is 14.4 Å². The molecule has 6 heteroatoms. The minimum absolute atomic E-state index is 0.116. The Morgan fingerprint density at radius 3 is 0.862 bits per heavy atom. The second kappa shape index (κ2) is 52.2. The number of ether oxygens (including phenoxy) is 3. The molecule has 0 rings (SSSR count). The van der Waals surface area contributed by atoms with Crippen LogP contribution in [0.3, 0.4) is 0 Å². The van der Waals surface area contributed by atoms with Gasteiger partial charge in [-0.1, -0.05) is 187 Å². The molecule has 0 heterocycles. The Kier molecular flexibility index (Phi) is 48.6. The van der Waals surface area contributed by atoms with Gasteiger partial charge in [-0.25, -0.2) is 0 Å². The lowest BCUT2D eigenvalue weighted by Crippen LogP contribution is -2.30. The second-order valence-electron chi connectivity index (χ2n) is 16.3. The van der Waals surface area contributed by atoms with E-state index in [9.17, 15) is 14.4 Å². The fourth-order valence-electron chi connectivity index (χ4n) is 6.38. The molecule has 0 saturated heterocycles. The molecule has 0 fully saturated rings. The zero-order valence-electron chi connectivity index (χ0n) is 41.4. The summed E-state index contributed by atoms with van der Waals surface area (Å²) >= 11 is 0. The van der Waals surface area contributed by atoms with Crippen molar-refractivity contribution in [1.82, 2.24) is 0 Å². The molecular formula is C59H92O6. The molecule has 0 spiro atoms. The van der Waals surface area contributed by atoms with Crippen LogP contribution in [0.25, 0.3) is 0 Å². The summed E-state index contributed by atoms with van der Waals surface area (Å²) in [4.78, 5) is 38.0. The lowest BCUT2D eigenvalue weighted by atomic mass is 10.1. The average molecular weight is 897 g/mol. The van der Waals surface area contributed by atoms with E-state index in [0.717, 1.165) is 161 Å². The number of unbranched alkanes of at least 4 members (excludes halogenated alkanes) is 11. The Balaban J connectivity index is 4.54. The Morgan fingerprint density at radius 1 is 0.308 bits per heavy atom. The van der Waals surface area contributed by atoms with Crippen LogP contribution < -0.4 is 0 Å². The lowest BCUT2D eigenvalue weighted by Gasteiger charge is -2.18. The Bertz CT molecular complexity index is 1450. The smallest absolute Gasteiger partial charge is 0.306 e. The molecule has 1 atom stereocenters. The normalized spacial score (nSPS) is 13.2. The summed E-state index contributed by atoms with van der Waals surface area (Å²) in [6, 6.07) is 0. The third-order valence-corrected chi connectivity index (χ3v) is 10.1. The predicted molar refractivity (Wildman–Crippen MR) is 279 cm³/mol. The van der Waals surface area contributed by atoms with Gasteiger partial charge in [-0.15, -0.1) is 0 Å². The summed E-state index contributed by atoms with van der Waals surface area (Å²) in [7, 11) is 0. The minimum atomic E-state index is -0.818. The second-order valence-corrected chi connectivity index (χ2v) is 16.3. The highest BCUT2D eigenvalue weighted by Gasteiger charge is 2.19. The maximum Gasteiger partial charge on any atom is 0.306 e. The number of allylic oxidation sites excluding steroid dienone is 22. The van der Waals surface area contributed by atoms with E-state index in [1.807, 2.05) is 0 Å². The number of hydrogen-bond donors (Lipinski definition) is 0. The van der Waals surface area contributed by atoms with Crippen LogP contribution in [0.15, 0.2) is 134 Å². The third-order valence-electron chi connectivity index (χ3n) is 10.1. The molecule has 0 aliphatic rings. The predicted octanol–water partition coefficient (Wildman–Crippen LogP) is 17.1. The zero-order chi connectivity index (χ0) is 47.2. The topological polar surface area (TPSA) is 78.9 Å². The van der Waals surface area contributed by atoms with Crippen LogP contribution in [-0.4, -0.2) is 37.2 Å². The van der Waals surface area contributed by atoms with Gasteiger partial charge >= 0.3 is 17.9 Å². The summed E-state index contributed by atoms with van der Waals surface area (Å²) in [6.07, 6.45) is 72.9. The van der Waals surface area contributed by atoms with E-state index in [1.165, 1.54) is 0 Å². The minimum Gasteiger partial charge on any atom is -0.462 e. The molecule has 1 unspecified atom stereocenters. The first-order valence-electron chi connectivity index (χ1n) is 25.7. The number of esters is 3. The van der Waals surface area contributed by atoms with Crippen LogP contribution in [-0.2, 0) is 28.6 Å². The standard InChI is InChI=1S/C59H92O6/c1-4-7-10-13-16-19-22-25-27-29-31-34-37-40-43-46-49-52-58(61)64-55-56(54-63-57(60)51-48-45-42-39-36-33-24-21-18-15-12-9-6-3)65-59(62)53-50-47-44-41-38-35-32-30-28-26-23-20-17-14-11-8-5-2/h7-12,16-21,25-28,31-36,56H,4-6,13-15,22-24,29-30,37-55H2,1-3H3/b10-7-,11-8-,12-9-,19-16-,20-17-,21-18-,27-25-,28-26-,34-31-,35-32-,36-33-. The van der Waals surface area contributed by atoms with Crippen LogP contribution in [0.4, 0.5) is 0 Å². The molecule has 0 aromatic rings. The fraction of sp³-hybridized carbons (Fsp3) is 0.576. The van der Waals surface area contributed by atoms with E-state index in [-0.39, 0.29) is 37.5 Å². The van der Waals surface area contributed by atoms with Crippen LogP contribution >= 0.6 is 0 Å². The maximum atomic E-state index is 12.8. The van der Waals surface area contributed by atoms with Crippen LogP contribution in [0.5, 0.6) is 0 Å². The van der Waals surface area contributed by atoms with Crippen LogP contribution in [0, 0.1) is 0 Å². The van der Waals surface area contributed by atoms with E-state index in [2.05, 4.69) is 154 Å². The van der Waals surface area contributed by atoms with Crippen molar-refractivity contribution in [3.8, 4) is 0 Å². The molecule has 0 aromatic carbocycles. The van der Waals surface area contributed by atoms with Crippen molar-refractivity contribution in [3.63, 3.8) is 0 Å². The summed E-state index contributed by atoms with van der Waals surface area (Å²) in [6.45, 7) is 6.20. The highest BCUT2D eigenvalue weighted by Crippen LogP contribution is 2.12. The summed E-state index contributed by atoms with van der Waals surface area (Å²) in [5.74, 6) is -1.00. The average Bonchev–Trinajstić information content (AvgIpc) is 3.30. The van der Waals surface area contributed by atoms with Gasteiger partial charge in [0.1, 0.15) is 13.2 Å². The van der Waals surface area contributed by atoms with E-state index >= 15 is 0 Å². The van der Waals surface area contributed by atoms with Crippen molar-refractivity contribution >= 4 is 17.9 Å². The fourth-order valence-corrected chi connectivity index (χ4v) is 6.38. The monoisotopic (exact) mass is 897 g/mol. The van der Waals surface area contributed by atoms with Crippen LogP contribution in [0.1, 0.15) is 201 Å². The van der Waals surface area contributed by atoms with E-state index < -0.39 is 6.10 Å². The zero-order valence-corrected chi connectivity index (χ0v) is 41.4. The molecule has 65 heavy (non-hydrogen) atoms. The van der Waals surface area contributed by atoms with Gasteiger partial charge in [0.05, 0.1) is 0 Å². The Morgan fingerprint density at radius 2 is 0.554 bits per heavy atom. The van der Waals surface area contributed by atoms with Crippen molar-refractivity contribution in [2.45, 2.75) is 207 Å². The molecule has 0 bridgehead atoms. The summed E-state index contributed by atoms with van der Waals surface area (Å²) in [5.41, 5.74) is 0. The largest absolute Gasteiger partial charge is 0.462 e. The SMILES string of the molecule is CC/C=C\C/C=C\C/C=C\C/C=C\CCCCCCC(=O)OCC(COC(=O)CCCCC/C=C\C/C=C\C/C=C\CC)OC(=O)CCCCCC/C=C\C/C=C\C/C=C\C/C=C\CC. The number of carbonyl (C=O) groups is 3. The summed E-state index contributed by atoms with van der Waals surface area (Å²) in [5, 5.41) is 0. The number of hydrogen-bond acceptors (Lipinski definition) is 6. The molecule has 0 N–H and O–H groups in total. The van der Waals surface area contributed by atoms with Crippen molar-refractivity contribution in [1.29, 1.82) is 0 Å². The molecule has 0 amide bonds. The van der Waals surface area contributed by atoms with E-state index in [1.54, 1.807) is 0 Å². The molecule has 0 saturated carbocycles. The van der Waals surface area contributed by atoms with Gasteiger partial charge in [0.15, 0.2) is 6.10 Å². The first-order valence-corrected chi connectivity index (χ1v) is 25.7. The highest BCUT2D eigenvalue weighted by molar-refractivity contribution is 5.71. The molecule has 0 aliphatic carbocycles. The van der Waals surface area contributed by atoms with Crippen molar-refractivity contribution < 1.29 is 28.6 Å². The van der Waals surface area contributed by atoms with Gasteiger partial charge in [0.25, 0.3) is 0 Å². The van der Waals surface area contributed by atoms with Gasteiger partial charge in [0.2, 0.25) is 0 Å². The quantitative estimate of drug-likeness (QED) is 0.0262. The maximum absolute atomic E-state index is 12.8. The Labute approximate surface area is 398 Å². The first-order chi connectivity index (χ1) is 32.0. The van der Waals surface area contributed by atoms with Crippen molar-refractivity contribution in [2.24, 2.45) is 0 Å². The number of carbonyl (C=O) groups excluding carboxylic acids is 3. The van der Waals surface area contributed by atoms with Crippen LogP contribution in [0.2, 0.25) is 0 Å². The van der Waals surface area contributed by atoms with E-state index in [4.69, 9.17) is 14.2 Å². The lowest BCUT2D eigenvalue weighted by molar-refractivity contribution is -0.167.